The molecule has 2 aliphatic rings. The van der Waals surface area contributed by atoms with Gasteiger partial charge in [0, 0.05) is 51.4 Å². The molecule has 0 bridgehead atoms. The number of carbonyl (C=O) groups is 2. The van der Waals surface area contributed by atoms with E-state index in [4.69, 9.17) is 4.74 Å². The molecule has 0 radical (unpaired) electrons. The Bertz CT molecular complexity index is 861. The van der Waals surface area contributed by atoms with Crippen LogP contribution in [0, 0.1) is 5.92 Å². The Morgan fingerprint density at radius 2 is 1.70 bits per heavy atom. The van der Waals surface area contributed by atoms with Crippen molar-refractivity contribution < 1.29 is 14.3 Å². The van der Waals surface area contributed by atoms with Crippen LogP contribution >= 0.6 is 0 Å². The number of carbonyl (C=O) groups excluding carboxylic acids is 2. The predicted molar refractivity (Wildman–Crippen MR) is 116 cm³/mol. The highest BCUT2D eigenvalue weighted by molar-refractivity contribution is 6.00. The van der Waals surface area contributed by atoms with Gasteiger partial charge in [0.1, 0.15) is 5.75 Å². The first-order valence-corrected chi connectivity index (χ1v) is 10.7. The fraction of sp³-hybridized carbons (Fsp3) is 0.417. The normalized spacial score (nSPS) is 19.9. The summed E-state index contributed by atoms with van der Waals surface area (Å²) < 4.78 is 5.47. The zero-order valence-corrected chi connectivity index (χ0v) is 17.5. The molecule has 0 aliphatic carbocycles. The minimum atomic E-state index is -0.259. The largest absolute Gasteiger partial charge is 0.494 e. The molecule has 2 aliphatic heterocycles. The number of ether oxygens (including phenoxy) is 1. The third-order valence-electron chi connectivity index (χ3n) is 5.87. The van der Waals surface area contributed by atoms with Crippen LogP contribution in [0.3, 0.4) is 0 Å². The first-order chi connectivity index (χ1) is 14.6. The molecule has 30 heavy (non-hydrogen) atoms. The van der Waals surface area contributed by atoms with Crippen LogP contribution in [0.25, 0.3) is 0 Å². The van der Waals surface area contributed by atoms with Crippen LogP contribution in [0.5, 0.6) is 5.75 Å². The maximum absolute atomic E-state index is 13.0. The van der Waals surface area contributed by atoms with Gasteiger partial charge >= 0.3 is 0 Å². The quantitative estimate of drug-likeness (QED) is 0.739. The van der Waals surface area contributed by atoms with E-state index in [1.807, 2.05) is 42.2 Å². The lowest BCUT2D eigenvalue weighted by atomic mass is 10.1. The molecule has 6 heteroatoms. The Hall–Kier alpha value is -2.86. The number of amides is 2. The van der Waals surface area contributed by atoms with E-state index in [0.717, 1.165) is 44.2 Å². The van der Waals surface area contributed by atoms with E-state index in [1.165, 1.54) is 5.56 Å². The van der Waals surface area contributed by atoms with Crippen molar-refractivity contribution in [1.82, 2.24) is 9.80 Å². The first-order valence-electron chi connectivity index (χ1n) is 10.7. The second-order valence-electron chi connectivity index (χ2n) is 7.92. The van der Waals surface area contributed by atoms with Crippen molar-refractivity contribution in [1.29, 1.82) is 0 Å². The molecule has 2 heterocycles. The van der Waals surface area contributed by atoms with Crippen molar-refractivity contribution >= 4 is 17.5 Å². The van der Waals surface area contributed by atoms with Crippen molar-refractivity contribution in [2.75, 3.05) is 44.2 Å². The Morgan fingerprint density at radius 3 is 2.37 bits per heavy atom. The highest BCUT2D eigenvalue weighted by Crippen LogP contribution is 2.28. The van der Waals surface area contributed by atoms with Gasteiger partial charge in [-0.25, -0.2) is 0 Å². The van der Waals surface area contributed by atoms with Crippen LogP contribution < -0.4 is 9.64 Å². The van der Waals surface area contributed by atoms with Gasteiger partial charge in [-0.1, -0.05) is 30.3 Å². The number of anilines is 1. The minimum Gasteiger partial charge on any atom is -0.494 e. The molecular weight excluding hydrogens is 378 g/mol. The van der Waals surface area contributed by atoms with E-state index in [9.17, 15) is 9.59 Å². The maximum atomic E-state index is 13.0. The van der Waals surface area contributed by atoms with E-state index in [-0.39, 0.29) is 24.2 Å². The maximum Gasteiger partial charge on any atom is 0.228 e. The van der Waals surface area contributed by atoms with Crippen molar-refractivity contribution in [3.63, 3.8) is 0 Å². The smallest absolute Gasteiger partial charge is 0.228 e. The van der Waals surface area contributed by atoms with Crippen molar-refractivity contribution in [3.8, 4) is 5.75 Å². The van der Waals surface area contributed by atoms with Crippen LogP contribution in [0.1, 0.15) is 18.9 Å². The average molecular weight is 408 g/mol. The minimum absolute atomic E-state index is 0.0141. The molecule has 2 saturated heterocycles. The van der Waals surface area contributed by atoms with Gasteiger partial charge in [-0.2, -0.15) is 0 Å². The molecule has 158 valence electrons. The second kappa shape index (κ2) is 9.30. The summed E-state index contributed by atoms with van der Waals surface area (Å²) in [6.07, 6.45) is 0.288. The lowest BCUT2D eigenvalue weighted by Gasteiger charge is -2.36. The number of nitrogens with zero attached hydrogens (tertiary/aromatic N) is 3. The summed E-state index contributed by atoms with van der Waals surface area (Å²) in [6.45, 7) is 7.09. The summed E-state index contributed by atoms with van der Waals surface area (Å²) in [5, 5.41) is 0. The molecule has 0 N–H and O–H groups in total. The molecule has 2 aromatic rings. The number of benzene rings is 2. The standard InChI is InChI=1S/C24H29N3O3/c1-2-30-22-10-8-21(9-11-22)27-18-20(16-23(27)28)24(29)26-14-12-25(13-15-26)17-19-6-4-3-5-7-19/h3-11,20H,2,12-18H2,1H3/t20-/m1/s1. The van der Waals surface area contributed by atoms with Gasteiger partial charge in [0.05, 0.1) is 12.5 Å². The number of hydrogen-bond donors (Lipinski definition) is 0. The molecule has 2 aromatic carbocycles. The van der Waals surface area contributed by atoms with Gasteiger partial charge in [0.15, 0.2) is 0 Å². The summed E-state index contributed by atoms with van der Waals surface area (Å²) in [7, 11) is 0. The van der Waals surface area contributed by atoms with Crippen LogP contribution in [0.2, 0.25) is 0 Å². The lowest BCUT2D eigenvalue weighted by Crippen LogP contribution is -2.50. The summed E-state index contributed by atoms with van der Waals surface area (Å²) in [6, 6.07) is 17.9. The van der Waals surface area contributed by atoms with Gasteiger partial charge in [0.25, 0.3) is 0 Å². The van der Waals surface area contributed by atoms with E-state index < -0.39 is 0 Å². The molecule has 0 saturated carbocycles. The second-order valence-corrected chi connectivity index (χ2v) is 7.92. The van der Waals surface area contributed by atoms with E-state index in [0.29, 0.717) is 13.2 Å². The molecule has 0 unspecified atom stereocenters. The molecule has 0 aromatic heterocycles. The van der Waals surface area contributed by atoms with Gasteiger partial charge < -0.3 is 14.5 Å². The molecule has 4 rings (SSSR count). The number of hydrogen-bond acceptors (Lipinski definition) is 4. The molecule has 6 nitrogen and oxygen atoms in total. The predicted octanol–water partition coefficient (Wildman–Crippen LogP) is 2.78. The van der Waals surface area contributed by atoms with Crippen LogP contribution in [-0.2, 0) is 16.1 Å². The molecule has 0 spiro atoms. The highest BCUT2D eigenvalue weighted by atomic mass is 16.5. The third kappa shape index (κ3) is 4.65. The number of piperazine rings is 1. The fourth-order valence-electron chi connectivity index (χ4n) is 4.24. The van der Waals surface area contributed by atoms with Gasteiger partial charge in [-0.05, 0) is 36.8 Å². The number of rotatable bonds is 6. The zero-order valence-electron chi connectivity index (χ0n) is 17.5. The Morgan fingerprint density at radius 1 is 1.00 bits per heavy atom. The van der Waals surface area contributed by atoms with E-state index in [2.05, 4.69) is 29.2 Å². The van der Waals surface area contributed by atoms with Crippen LogP contribution in [-0.4, -0.2) is 60.9 Å². The van der Waals surface area contributed by atoms with Gasteiger partial charge in [-0.3, -0.25) is 14.5 Å². The summed E-state index contributed by atoms with van der Waals surface area (Å²) >= 11 is 0. The summed E-state index contributed by atoms with van der Waals surface area (Å²) in [4.78, 5) is 31.6. The summed E-state index contributed by atoms with van der Waals surface area (Å²) in [5.74, 6) is 0.648. The first kappa shape index (κ1) is 20.4. The Balaban J connectivity index is 1.30. The SMILES string of the molecule is CCOc1ccc(N2C[C@H](C(=O)N3CCN(Cc4ccccc4)CC3)CC2=O)cc1. The molecule has 2 amide bonds. The van der Waals surface area contributed by atoms with Gasteiger partial charge in [-0.15, -0.1) is 0 Å². The third-order valence-corrected chi connectivity index (χ3v) is 5.87. The van der Waals surface area contributed by atoms with E-state index in [1.54, 1.807) is 4.90 Å². The summed E-state index contributed by atoms with van der Waals surface area (Å²) in [5.41, 5.74) is 2.12. The molecule has 2 fully saturated rings. The van der Waals surface area contributed by atoms with Crippen LogP contribution in [0.15, 0.2) is 54.6 Å². The monoisotopic (exact) mass is 407 g/mol. The van der Waals surface area contributed by atoms with Gasteiger partial charge in [0.2, 0.25) is 11.8 Å². The average Bonchev–Trinajstić information content (AvgIpc) is 3.17. The van der Waals surface area contributed by atoms with Crippen molar-refractivity contribution in [2.24, 2.45) is 5.92 Å². The lowest BCUT2D eigenvalue weighted by molar-refractivity contribution is -0.137. The van der Waals surface area contributed by atoms with E-state index >= 15 is 0 Å². The molecule has 1 atom stereocenters. The Kier molecular flexibility index (Phi) is 6.33. The molecular formula is C24H29N3O3. The topological polar surface area (TPSA) is 53.1 Å². The zero-order chi connectivity index (χ0) is 20.9. The fourth-order valence-corrected chi connectivity index (χ4v) is 4.24. The van der Waals surface area contributed by atoms with Crippen molar-refractivity contribution in [3.05, 3.63) is 60.2 Å². The van der Waals surface area contributed by atoms with Crippen LogP contribution in [0.4, 0.5) is 5.69 Å². The Labute approximate surface area is 178 Å². The van der Waals surface area contributed by atoms with Crippen molar-refractivity contribution in [2.45, 2.75) is 19.9 Å². The highest BCUT2D eigenvalue weighted by Gasteiger charge is 2.37.